The zero-order valence-corrected chi connectivity index (χ0v) is 15.8. The van der Waals surface area contributed by atoms with Crippen LogP contribution in [0.2, 0.25) is 0 Å². The lowest BCUT2D eigenvalue weighted by atomic mass is 9.93. The minimum atomic E-state index is -0.260. The lowest BCUT2D eigenvalue weighted by Crippen LogP contribution is -2.34. The number of hydrogen-bond acceptors (Lipinski definition) is 3. The van der Waals surface area contributed by atoms with Gasteiger partial charge in [0.25, 0.3) is 0 Å². The summed E-state index contributed by atoms with van der Waals surface area (Å²) < 4.78 is 26.0. The van der Waals surface area contributed by atoms with Gasteiger partial charge < -0.3 is 9.47 Å². The van der Waals surface area contributed by atoms with Crippen molar-refractivity contribution in [2.24, 2.45) is 0 Å². The van der Waals surface area contributed by atoms with E-state index in [-0.39, 0.29) is 11.9 Å². The molecular formula is C23H26FNO2. The van der Waals surface area contributed by atoms with E-state index in [1.165, 1.54) is 31.4 Å². The number of benzene rings is 2. The van der Waals surface area contributed by atoms with Gasteiger partial charge in [-0.25, -0.2) is 4.39 Å². The van der Waals surface area contributed by atoms with Gasteiger partial charge in [0.05, 0.1) is 12.2 Å². The van der Waals surface area contributed by atoms with Crippen LogP contribution < -0.4 is 4.74 Å². The molecule has 2 aliphatic rings. The van der Waals surface area contributed by atoms with Crippen LogP contribution in [-0.2, 0) is 4.74 Å². The summed E-state index contributed by atoms with van der Waals surface area (Å²) in [6.07, 6.45) is 3.50. The van der Waals surface area contributed by atoms with Crippen molar-refractivity contribution in [1.29, 1.82) is 0 Å². The van der Waals surface area contributed by atoms with Crippen molar-refractivity contribution >= 4 is 5.76 Å². The van der Waals surface area contributed by atoms with Crippen LogP contribution in [0.4, 0.5) is 4.39 Å². The summed E-state index contributed by atoms with van der Waals surface area (Å²) in [6, 6.07) is 14.6. The van der Waals surface area contributed by atoms with E-state index in [1.54, 1.807) is 0 Å². The predicted octanol–water partition coefficient (Wildman–Crippen LogP) is 5.19. The number of hydrogen-bond donors (Lipinski definition) is 0. The molecule has 142 valence electrons. The Kier molecular flexibility index (Phi) is 5.44. The minimum Gasteiger partial charge on any atom is -0.493 e. The summed E-state index contributed by atoms with van der Waals surface area (Å²) in [7, 11) is 0. The molecule has 0 amide bonds. The number of halogens is 1. The maximum atomic E-state index is 13.5. The van der Waals surface area contributed by atoms with Crippen molar-refractivity contribution < 1.29 is 13.9 Å². The lowest BCUT2D eigenvalue weighted by Gasteiger charge is -2.35. The molecule has 1 fully saturated rings. The first-order valence-corrected chi connectivity index (χ1v) is 9.86. The van der Waals surface area contributed by atoms with Gasteiger partial charge in [0, 0.05) is 12.1 Å². The number of likely N-dealkylation sites (tertiary alicyclic amines) is 1. The first-order chi connectivity index (χ1) is 13.3. The highest BCUT2D eigenvalue weighted by Gasteiger charge is 2.32. The smallest absolute Gasteiger partial charge is 0.150 e. The summed E-state index contributed by atoms with van der Waals surface area (Å²) in [6.45, 7) is 5.62. The Morgan fingerprint density at radius 2 is 1.78 bits per heavy atom. The minimum absolute atomic E-state index is 0.235. The predicted molar refractivity (Wildman–Crippen MR) is 105 cm³/mol. The molecule has 0 spiro atoms. The van der Waals surface area contributed by atoms with E-state index in [4.69, 9.17) is 9.47 Å². The second-order valence-corrected chi connectivity index (χ2v) is 7.17. The monoisotopic (exact) mass is 367 g/mol. The summed E-state index contributed by atoms with van der Waals surface area (Å²) in [5, 5.41) is 0. The zero-order valence-electron chi connectivity index (χ0n) is 15.8. The van der Waals surface area contributed by atoms with E-state index >= 15 is 0 Å². The van der Waals surface area contributed by atoms with Gasteiger partial charge in [-0.1, -0.05) is 30.7 Å². The second-order valence-electron chi connectivity index (χ2n) is 7.17. The normalized spacial score (nSPS) is 20.1. The molecular weight excluding hydrogens is 341 g/mol. The molecule has 4 rings (SSSR count). The molecule has 2 aromatic rings. The molecule has 1 saturated heterocycles. The van der Waals surface area contributed by atoms with Crippen molar-refractivity contribution in [1.82, 2.24) is 4.90 Å². The van der Waals surface area contributed by atoms with Gasteiger partial charge in [-0.05, 0) is 62.7 Å². The zero-order chi connectivity index (χ0) is 18.6. The Balaban J connectivity index is 1.78. The quantitative estimate of drug-likeness (QED) is 0.726. The standard InChI is InChI=1S/C23H26FNO2/c1-2-26-23-19-8-4-5-9-21(19)27-22(17-10-12-18(24)13-11-17)20(23)16-25-14-6-3-7-15-25/h4-5,8-13,22H,2-3,6-7,14-16H2,1H3. The third kappa shape index (κ3) is 3.86. The van der Waals surface area contributed by atoms with Gasteiger partial charge in [0.2, 0.25) is 0 Å². The highest BCUT2D eigenvalue weighted by molar-refractivity contribution is 5.72. The van der Waals surface area contributed by atoms with Crippen molar-refractivity contribution in [3.05, 3.63) is 71.0 Å². The fraction of sp³-hybridized carbons (Fsp3) is 0.391. The highest BCUT2D eigenvalue weighted by atomic mass is 19.1. The van der Waals surface area contributed by atoms with Gasteiger partial charge in [-0.2, -0.15) is 0 Å². The Hall–Kier alpha value is -2.33. The molecule has 0 bridgehead atoms. The van der Waals surface area contributed by atoms with Crippen LogP contribution in [0.1, 0.15) is 43.4 Å². The van der Waals surface area contributed by atoms with Gasteiger partial charge in [0.1, 0.15) is 17.3 Å². The lowest BCUT2D eigenvalue weighted by molar-refractivity contribution is 0.183. The van der Waals surface area contributed by atoms with E-state index in [1.807, 2.05) is 37.3 Å². The van der Waals surface area contributed by atoms with E-state index in [0.29, 0.717) is 6.61 Å². The largest absolute Gasteiger partial charge is 0.493 e. The third-order valence-corrected chi connectivity index (χ3v) is 5.29. The van der Waals surface area contributed by atoms with E-state index < -0.39 is 0 Å². The SMILES string of the molecule is CCOC1=C(CN2CCCCC2)C(c2ccc(F)cc2)Oc2ccccc21. The average molecular weight is 367 g/mol. The van der Waals surface area contributed by atoms with Crippen molar-refractivity contribution in [2.75, 3.05) is 26.2 Å². The summed E-state index contributed by atoms with van der Waals surface area (Å²) in [4.78, 5) is 2.48. The fourth-order valence-electron chi connectivity index (χ4n) is 3.98. The molecule has 0 radical (unpaired) electrons. The number of nitrogens with zero attached hydrogens (tertiary/aromatic N) is 1. The van der Waals surface area contributed by atoms with Crippen LogP contribution in [-0.4, -0.2) is 31.1 Å². The van der Waals surface area contributed by atoms with Gasteiger partial charge >= 0.3 is 0 Å². The van der Waals surface area contributed by atoms with Crippen molar-refractivity contribution in [3.8, 4) is 5.75 Å². The fourth-order valence-corrected chi connectivity index (χ4v) is 3.98. The molecule has 3 nitrogen and oxygen atoms in total. The summed E-state index contributed by atoms with van der Waals surface area (Å²) in [5.74, 6) is 1.50. The van der Waals surface area contributed by atoms with Crippen LogP contribution in [0.5, 0.6) is 5.75 Å². The maximum absolute atomic E-state index is 13.5. The van der Waals surface area contributed by atoms with Gasteiger partial charge in [-0.15, -0.1) is 0 Å². The van der Waals surface area contributed by atoms with Crippen LogP contribution in [0.15, 0.2) is 54.1 Å². The topological polar surface area (TPSA) is 21.7 Å². The summed E-state index contributed by atoms with van der Waals surface area (Å²) in [5.41, 5.74) is 3.09. The molecule has 27 heavy (non-hydrogen) atoms. The van der Waals surface area contributed by atoms with Crippen LogP contribution >= 0.6 is 0 Å². The highest BCUT2D eigenvalue weighted by Crippen LogP contribution is 2.43. The van der Waals surface area contributed by atoms with E-state index in [9.17, 15) is 4.39 Å². The number of ether oxygens (including phenoxy) is 2. The second kappa shape index (κ2) is 8.13. The Labute approximate surface area is 160 Å². The Morgan fingerprint density at radius 3 is 2.52 bits per heavy atom. The molecule has 1 atom stereocenters. The molecule has 2 heterocycles. The van der Waals surface area contributed by atoms with Gasteiger partial charge in [-0.3, -0.25) is 4.90 Å². The Bertz CT molecular complexity index is 809. The van der Waals surface area contributed by atoms with Crippen LogP contribution in [0.3, 0.4) is 0 Å². The van der Waals surface area contributed by atoms with Crippen molar-refractivity contribution in [2.45, 2.75) is 32.3 Å². The number of fused-ring (bicyclic) bond motifs is 1. The molecule has 0 aromatic heterocycles. The maximum Gasteiger partial charge on any atom is 0.150 e. The average Bonchev–Trinajstić information content (AvgIpc) is 2.71. The van der Waals surface area contributed by atoms with Crippen LogP contribution in [0, 0.1) is 5.82 Å². The molecule has 4 heteroatoms. The first-order valence-electron chi connectivity index (χ1n) is 9.86. The van der Waals surface area contributed by atoms with Gasteiger partial charge in [0.15, 0.2) is 6.10 Å². The van der Waals surface area contributed by atoms with E-state index in [0.717, 1.165) is 47.8 Å². The molecule has 0 saturated carbocycles. The molecule has 2 aliphatic heterocycles. The number of piperidine rings is 1. The molecule has 1 unspecified atom stereocenters. The molecule has 0 aliphatic carbocycles. The number of para-hydroxylation sites is 1. The third-order valence-electron chi connectivity index (χ3n) is 5.29. The van der Waals surface area contributed by atoms with E-state index in [2.05, 4.69) is 11.0 Å². The molecule has 2 aromatic carbocycles. The first kappa shape index (κ1) is 18.1. The van der Waals surface area contributed by atoms with Crippen LogP contribution in [0.25, 0.3) is 5.76 Å². The molecule has 0 N–H and O–H groups in total. The number of rotatable bonds is 5. The Morgan fingerprint density at radius 1 is 1.04 bits per heavy atom. The summed E-state index contributed by atoms with van der Waals surface area (Å²) >= 11 is 0. The van der Waals surface area contributed by atoms with Crippen molar-refractivity contribution in [3.63, 3.8) is 0 Å².